The molecule has 11 rings (SSSR count). The third-order valence-corrected chi connectivity index (χ3v) is 12.6. The van der Waals surface area contributed by atoms with Crippen molar-refractivity contribution in [2.45, 2.75) is 19.3 Å². The van der Waals surface area contributed by atoms with Crippen LogP contribution in [0.25, 0.3) is 54.9 Å². The quantitative estimate of drug-likeness (QED) is 0.159. The molecule has 2 heteroatoms. The monoisotopic (exact) mass is 780 g/mol. The average molecular weight is 781 g/mol. The molecule has 0 unspecified atom stereocenters. The van der Waals surface area contributed by atoms with E-state index in [2.05, 4.69) is 254 Å². The summed E-state index contributed by atoms with van der Waals surface area (Å²) in [5, 5.41) is 4.93. The fourth-order valence-corrected chi connectivity index (χ4v) is 9.68. The molecule has 290 valence electrons. The predicted octanol–water partition coefficient (Wildman–Crippen LogP) is 16.6. The Kier molecular flexibility index (Phi) is 8.86. The molecule has 10 aromatic rings. The van der Waals surface area contributed by atoms with Crippen LogP contribution in [-0.4, -0.2) is 0 Å². The first-order chi connectivity index (χ1) is 30.0. The van der Waals surface area contributed by atoms with Crippen molar-refractivity contribution < 1.29 is 0 Å². The SMILES string of the molecule is CC1(C)c2ccccc2N(c2c(-c3ccc(-c4cccc(N(c5ccccc5)c5ccccc5)c4)cc3)ccc3ccccc23)c2cccc(-c3ccc4ccccc4c3)c21. The van der Waals surface area contributed by atoms with Gasteiger partial charge in [-0.3, -0.25) is 0 Å². The Balaban J connectivity index is 1.06. The second-order valence-electron chi connectivity index (χ2n) is 16.6. The lowest BCUT2D eigenvalue weighted by atomic mass is 9.70. The molecule has 1 aliphatic rings. The molecule has 0 N–H and O–H groups in total. The molecule has 0 spiro atoms. The Bertz CT molecular complexity index is 3180. The molecular formula is C59H44N2. The summed E-state index contributed by atoms with van der Waals surface area (Å²) in [4.78, 5) is 4.87. The minimum atomic E-state index is -0.262. The maximum Gasteiger partial charge on any atom is 0.0618 e. The van der Waals surface area contributed by atoms with E-state index >= 15 is 0 Å². The van der Waals surface area contributed by atoms with Gasteiger partial charge in [0.2, 0.25) is 0 Å². The van der Waals surface area contributed by atoms with Gasteiger partial charge >= 0.3 is 0 Å². The fourth-order valence-electron chi connectivity index (χ4n) is 9.68. The first-order valence-corrected chi connectivity index (χ1v) is 21.2. The van der Waals surface area contributed by atoms with Gasteiger partial charge in [0.1, 0.15) is 0 Å². The maximum atomic E-state index is 2.55. The van der Waals surface area contributed by atoms with E-state index in [9.17, 15) is 0 Å². The number of hydrogen-bond acceptors (Lipinski definition) is 2. The van der Waals surface area contributed by atoms with Crippen LogP contribution in [0.1, 0.15) is 25.0 Å². The lowest BCUT2D eigenvalue weighted by Gasteiger charge is -2.44. The molecule has 0 saturated heterocycles. The minimum absolute atomic E-state index is 0.262. The van der Waals surface area contributed by atoms with Gasteiger partial charge in [-0.1, -0.05) is 190 Å². The van der Waals surface area contributed by atoms with Crippen LogP contribution in [0.15, 0.2) is 231 Å². The molecule has 61 heavy (non-hydrogen) atoms. The van der Waals surface area contributed by atoms with Gasteiger partial charge in [0.25, 0.3) is 0 Å². The second-order valence-corrected chi connectivity index (χ2v) is 16.6. The van der Waals surface area contributed by atoms with Gasteiger partial charge < -0.3 is 9.80 Å². The summed E-state index contributed by atoms with van der Waals surface area (Å²) >= 11 is 0. The summed E-state index contributed by atoms with van der Waals surface area (Å²) in [6, 6.07) is 84.1. The van der Waals surface area contributed by atoms with E-state index in [1.165, 1.54) is 83.1 Å². The van der Waals surface area contributed by atoms with E-state index in [1.807, 2.05) is 0 Å². The smallest absolute Gasteiger partial charge is 0.0618 e. The highest BCUT2D eigenvalue weighted by Crippen LogP contribution is 2.57. The summed E-state index contributed by atoms with van der Waals surface area (Å²) < 4.78 is 0. The summed E-state index contributed by atoms with van der Waals surface area (Å²) in [5.41, 5.74) is 16.5. The van der Waals surface area contributed by atoms with Crippen LogP contribution in [-0.2, 0) is 5.41 Å². The standard InChI is InChI=1S/C59H44N2/c1-59(2)54-28-13-14-29-55(54)61(56-30-16-27-51(57(56)59)47-36-33-41-17-9-10-19-45(41)39-47)58-52-26-12-11-18-43(52)37-38-53(58)44-34-31-42(32-35-44)46-20-15-25-50(40-46)60(48-21-5-3-6-22-48)49-23-7-4-8-24-49/h3-40H,1-2H3. The average Bonchev–Trinajstić information content (AvgIpc) is 3.32. The molecule has 1 heterocycles. The molecule has 0 radical (unpaired) electrons. The van der Waals surface area contributed by atoms with E-state index in [-0.39, 0.29) is 5.41 Å². The van der Waals surface area contributed by atoms with E-state index in [0.717, 1.165) is 17.1 Å². The number of fused-ring (bicyclic) bond motifs is 4. The Morgan fingerprint density at radius 1 is 0.361 bits per heavy atom. The number of hydrogen-bond donors (Lipinski definition) is 0. The first kappa shape index (κ1) is 36.4. The number of rotatable bonds is 7. The number of benzene rings is 10. The molecule has 2 nitrogen and oxygen atoms in total. The van der Waals surface area contributed by atoms with Crippen LogP contribution in [0.3, 0.4) is 0 Å². The van der Waals surface area contributed by atoms with Gasteiger partial charge in [-0.25, -0.2) is 0 Å². The van der Waals surface area contributed by atoms with Crippen molar-refractivity contribution >= 4 is 55.7 Å². The molecule has 0 atom stereocenters. The van der Waals surface area contributed by atoms with Crippen LogP contribution in [0.5, 0.6) is 0 Å². The first-order valence-electron chi connectivity index (χ1n) is 21.2. The zero-order chi connectivity index (χ0) is 40.9. The molecule has 10 aromatic carbocycles. The van der Waals surface area contributed by atoms with Crippen molar-refractivity contribution in [1.29, 1.82) is 0 Å². The van der Waals surface area contributed by atoms with E-state index < -0.39 is 0 Å². The van der Waals surface area contributed by atoms with Gasteiger partial charge in [0, 0.05) is 33.4 Å². The minimum Gasteiger partial charge on any atom is -0.310 e. The van der Waals surface area contributed by atoms with Crippen molar-refractivity contribution in [3.05, 3.63) is 242 Å². The Hall–Kier alpha value is -7.68. The van der Waals surface area contributed by atoms with Crippen LogP contribution in [0, 0.1) is 0 Å². The zero-order valence-electron chi connectivity index (χ0n) is 34.3. The summed E-state index contributed by atoms with van der Waals surface area (Å²) in [5.74, 6) is 0. The van der Waals surface area contributed by atoms with Gasteiger partial charge in [-0.05, 0) is 110 Å². The van der Waals surface area contributed by atoms with E-state index in [1.54, 1.807) is 0 Å². The highest BCUT2D eigenvalue weighted by molar-refractivity contribution is 6.08. The second kappa shape index (κ2) is 14.9. The molecule has 0 saturated carbocycles. The van der Waals surface area contributed by atoms with E-state index in [4.69, 9.17) is 0 Å². The molecular weight excluding hydrogens is 737 g/mol. The molecule has 1 aliphatic heterocycles. The third kappa shape index (κ3) is 6.27. The lowest BCUT2D eigenvalue weighted by Crippen LogP contribution is -2.31. The Morgan fingerprint density at radius 3 is 1.70 bits per heavy atom. The van der Waals surface area contributed by atoms with Crippen LogP contribution in [0.4, 0.5) is 34.1 Å². The van der Waals surface area contributed by atoms with Gasteiger partial charge in [0.15, 0.2) is 0 Å². The lowest BCUT2D eigenvalue weighted by molar-refractivity contribution is 0.634. The molecule has 0 bridgehead atoms. The van der Waals surface area contributed by atoms with E-state index in [0.29, 0.717) is 0 Å². The third-order valence-electron chi connectivity index (χ3n) is 12.6. The molecule has 0 amide bonds. The summed E-state index contributed by atoms with van der Waals surface area (Å²) in [6.07, 6.45) is 0. The number of para-hydroxylation sites is 3. The van der Waals surface area contributed by atoms with Crippen molar-refractivity contribution in [2.75, 3.05) is 9.80 Å². The maximum absolute atomic E-state index is 2.55. The topological polar surface area (TPSA) is 6.48 Å². The van der Waals surface area contributed by atoms with Crippen molar-refractivity contribution in [2.24, 2.45) is 0 Å². The van der Waals surface area contributed by atoms with Crippen molar-refractivity contribution in [3.8, 4) is 33.4 Å². The zero-order valence-corrected chi connectivity index (χ0v) is 34.3. The number of nitrogens with zero attached hydrogens (tertiary/aromatic N) is 2. The summed E-state index contributed by atoms with van der Waals surface area (Å²) in [7, 11) is 0. The molecule has 0 aromatic heterocycles. The van der Waals surface area contributed by atoms with Gasteiger partial charge in [-0.2, -0.15) is 0 Å². The number of anilines is 6. The Labute approximate surface area is 358 Å². The highest BCUT2D eigenvalue weighted by atomic mass is 15.2. The highest BCUT2D eigenvalue weighted by Gasteiger charge is 2.39. The largest absolute Gasteiger partial charge is 0.310 e. The summed E-state index contributed by atoms with van der Waals surface area (Å²) in [6.45, 7) is 4.78. The van der Waals surface area contributed by atoms with Gasteiger partial charge in [-0.15, -0.1) is 0 Å². The van der Waals surface area contributed by atoms with Crippen LogP contribution >= 0.6 is 0 Å². The predicted molar refractivity (Wildman–Crippen MR) is 259 cm³/mol. The fraction of sp³-hybridized carbons (Fsp3) is 0.0508. The molecule has 0 fully saturated rings. The van der Waals surface area contributed by atoms with Crippen molar-refractivity contribution in [1.82, 2.24) is 0 Å². The molecule has 0 aliphatic carbocycles. The normalized spacial score (nSPS) is 12.9. The van der Waals surface area contributed by atoms with Gasteiger partial charge in [0.05, 0.1) is 17.1 Å². The van der Waals surface area contributed by atoms with Crippen LogP contribution in [0.2, 0.25) is 0 Å². The Morgan fingerprint density at radius 2 is 0.934 bits per heavy atom. The van der Waals surface area contributed by atoms with Crippen LogP contribution < -0.4 is 9.80 Å². The van der Waals surface area contributed by atoms with Crippen molar-refractivity contribution in [3.63, 3.8) is 0 Å².